The second-order valence-corrected chi connectivity index (χ2v) is 8.02. The van der Waals surface area contributed by atoms with Crippen LogP contribution in [0, 0.1) is 9.39 Å². The molecule has 0 saturated heterocycles. The summed E-state index contributed by atoms with van der Waals surface area (Å²) in [6.07, 6.45) is -5.68. The molecule has 0 aliphatic rings. The number of carbonyl (C=O) groups is 2. The van der Waals surface area contributed by atoms with Crippen LogP contribution in [0.1, 0.15) is 36.3 Å². The van der Waals surface area contributed by atoms with Crippen molar-refractivity contribution in [1.82, 2.24) is 9.24 Å². The molecule has 9 nitrogen and oxygen atoms in total. The Balaban J connectivity index is 2.65. The van der Waals surface area contributed by atoms with Gasteiger partial charge in [-0.2, -0.15) is 13.2 Å². The van der Waals surface area contributed by atoms with Gasteiger partial charge in [0.05, 0.1) is 17.7 Å². The molecule has 14 heteroatoms. The number of aromatic nitrogens is 2. The second-order valence-electron chi connectivity index (χ2n) is 6.86. The highest BCUT2D eigenvalue weighted by atomic mass is 127. The molecule has 0 fully saturated rings. The van der Waals surface area contributed by atoms with Crippen LogP contribution in [0.4, 0.5) is 17.6 Å². The lowest BCUT2D eigenvalue weighted by atomic mass is 10.1. The highest BCUT2D eigenvalue weighted by Gasteiger charge is 2.36. The van der Waals surface area contributed by atoms with Crippen LogP contribution in [-0.4, -0.2) is 31.9 Å². The molecule has 3 N–H and O–H groups in total. The molecule has 0 atom stereocenters. The zero-order valence-corrected chi connectivity index (χ0v) is 17.9. The minimum absolute atomic E-state index is 0.00672. The van der Waals surface area contributed by atoms with Crippen molar-refractivity contribution in [2.24, 2.45) is 0 Å². The molecule has 0 amide bonds. The highest BCUT2D eigenvalue weighted by molar-refractivity contribution is 14.1. The first-order chi connectivity index (χ1) is 14.0. The van der Waals surface area contributed by atoms with Crippen molar-refractivity contribution in [3.8, 4) is 5.69 Å². The van der Waals surface area contributed by atoms with Crippen LogP contribution in [0.2, 0.25) is 0 Å². The first-order valence-electron chi connectivity index (χ1n) is 8.21. The number of ether oxygens (including phenoxy) is 1. The van der Waals surface area contributed by atoms with E-state index < -0.39 is 58.6 Å². The van der Waals surface area contributed by atoms with E-state index in [4.69, 9.17) is 15.7 Å². The average molecular weight is 559 g/mol. The first kappa shape index (κ1) is 24.4. The Kier molecular flexibility index (Phi) is 6.53. The average Bonchev–Trinajstić information content (AvgIpc) is 2.57. The van der Waals surface area contributed by atoms with Gasteiger partial charge in [0.25, 0.3) is 5.56 Å². The molecule has 1 aromatic carbocycles. The summed E-state index contributed by atoms with van der Waals surface area (Å²) in [6.45, 7) is 2.62. The maximum absolute atomic E-state index is 14.5. The second kappa shape index (κ2) is 8.32. The SMILES string of the molecule is CC(C)(CC(=O)O)OC(=O)c1cc(-n2c(=O)cc(C(F)(F)F)n(N)c2=O)c(F)cc1I. The number of hydrogen-bond acceptors (Lipinski definition) is 6. The Hall–Kier alpha value is -2.91. The minimum atomic E-state index is -5.12. The smallest absolute Gasteiger partial charge is 0.433 e. The first-order valence-corrected chi connectivity index (χ1v) is 9.29. The normalized spacial score (nSPS) is 12.0. The Morgan fingerprint density at radius 1 is 1.19 bits per heavy atom. The van der Waals surface area contributed by atoms with E-state index in [1.807, 2.05) is 0 Å². The lowest BCUT2D eigenvalue weighted by Crippen LogP contribution is -2.45. The summed E-state index contributed by atoms with van der Waals surface area (Å²) in [6, 6.07) is 1.49. The van der Waals surface area contributed by atoms with Crippen LogP contribution < -0.4 is 17.1 Å². The Labute approximate surface area is 184 Å². The zero-order chi connectivity index (χ0) is 23.9. The van der Waals surface area contributed by atoms with Gasteiger partial charge in [0, 0.05) is 9.64 Å². The van der Waals surface area contributed by atoms with Crippen molar-refractivity contribution in [3.63, 3.8) is 0 Å². The number of carboxylic acid groups (broad SMARTS) is 1. The fraction of sp³-hybridized carbons (Fsp3) is 0.294. The molecular weight excluding hydrogens is 545 g/mol. The van der Waals surface area contributed by atoms with Crippen molar-refractivity contribution in [2.45, 2.75) is 32.0 Å². The van der Waals surface area contributed by atoms with Gasteiger partial charge < -0.3 is 15.7 Å². The van der Waals surface area contributed by atoms with Gasteiger partial charge in [-0.25, -0.2) is 23.2 Å². The van der Waals surface area contributed by atoms with Gasteiger partial charge in [-0.05, 0) is 48.6 Å². The number of aliphatic carboxylic acids is 1. The number of benzene rings is 1. The lowest BCUT2D eigenvalue weighted by Gasteiger charge is -2.23. The molecule has 0 bridgehead atoms. The Morgan fingerprint density at radius 3 is 2.29 bits per heavy atom. The molecule has 1 aromatic heterocycles. The molecule has 1 heterocycles. The number of halogens is 5. The Bertz CT molecular complexity index is 1190. The number of carboxylic acids is 1. The van der Waals surface area contributed by atoms with E-state index in [1.165, 1.54) is 13.8 Å². The van der Waals surface area contributed by atoms with Gasteiger partial charge in [0.1, 0.15) is 11.4 Å². The number of alkyl halides is 3. The van der Waals surface area contributed by atoms with E-state index in [-0.39, 0.29) is 24.4 Å². The molecule has 0 saturated carbocycles. The molecule has 0 spiro atoms. The topological polar surface area (TPSA) is 134 Å². The van der Waals surface area contributed by atoms with Crippen molar-refractivity contribution < 1.29 is 37.0 Å². The van der Waals surface area contributed by atoms with Gasteiger partial charge in [-0.3, -0.25) is 9.59 Å². The number of carbonyl (C=O) groups excluding carboxylic acids is 1. The third kappa shape index (κ3) is 5.23. The van der Waals surface area contributed by atoms with Crippen LogP contribution in [0.15, 0.2) is 27.8 Å². The third-order valence-corrected chi connectivity index (χ3v) is 4.76. The van der Waals surface area contributed by atoms with E-state index in [2.05, 4.69) is 0 Å². The number of nitrogen functional groups attached to an aromatic ring is 1. The number of rotatable bonds is 5. The molecular formula is C17H14F4IN3O6. The van der Waals surface area contributed by atoms with Gasteiger partial charge >= 0.3 is 23.8 Å². The van der Waals surface area contributed by atoms with Gasteiger partial charge in [-0.1, -0.05) is 0 Å². The molecule has 0 unspecified atom stereocenters. The van der Waals surface area contributed by atoms with E-state index in [9.17, 15) is 36.7 Å². The van der Waals surface area contributed by atoms with Crippen LogP contribution in [-0.2, 0) is 15.7 Å². The summed E-state index contributed by atoms with van der Waals surface area (Å²) in [5.74, 6) is 1.57. The lowest BCUT2D eigenvalue weighted by molar-refractivity contribution is -0.144. The van der Waals surface area contributed by atoms with E-state index >= 15 is 0 Å². The molecule has 2 rings (SSSR count). The number of esters is 1. The van der Waals surface area contributed by atoms with Crippen molar-refractivity contribution in [3.05, 3.63) is 59.7 Å². The van der Waals surface area contributed by atoms with Crippen molar-refractivity contribution in [1.29, 1.82) is 0 Å². The van der Waals surface area contributed by atoms with E-state index in [0.29, 0.717) is 0 Å². The van der Waals surface area contributed by atoms with Crippen molar-refractivity contribution >= 4 is 34.5 Å². The van der Waals surface area contributed by atoms with Gasteiger partial charge in [-0.15, -0.1) is 0 Å². The monoisotopic (exact) mass is 559 g/mol. The minimum Gasteiger partial charge on any atom is -0.481 e. The molecule has 31 heavy (non-hydrogen) atoms. The molecule has 168 valence electrons. The number of hydrogen-bond donors (Lipinski definition) is 2. The summed E-state index contributed by atoms with van der Waals surface area (Å²) in [4.78, 5) is 47.8. The van der Waals surface area contributed by atoms with Crippen LogP contribution in [0.3, 0.4) is 0 Å². The van der Waals surface area contributed by atoms with Gasteiger partial charge in [0.15, 0.2) is 5.69 Å². The molecule has 2 aromatic rings. The quantitative estimate of drug-likeness (QED) is 0.248. The summed E-state index contributed by atoms with van der Waals surface area (Å²) < 4.78 is 58.0. The van der Waals surface area contributed by atoms with E-state index in [0.717, 1.165) is 12.1 Å². The Morgan fingerprint density at radius 2 is 1.77 bits per heavy atom. The maximum Gasteiger partial charge on any atom is 0.433 e. The number of nitrogens with two attached hydrogens (primary N) is 1. The van der Waals surface area contributed by atoms with Crippen LogP contribution >= 0.6 is 22.6 Å². The summed E-state index contributed by atoms with van der Waals surface area (Å²) >= 11 is 1.55. The third-order valence-electron chi connectivity index (χ3n) is 3.87. The largest absolute Gasteiger partial charge is 0.481 e. The molecule has 0 aliphatic heterocycles. The predicted octanol–water partition coefficient (Wildman–Crippen LogP) is 1.89. The van der Waals surface area contributed by atoms with E-state index in [1.54, 1.807) is 22.6 Å². The van der Waals surface area contributed by atoms with Crippen molar-refractivity contribution in [2.75, 3.05) is 5.84 Å². The molecule has 0 radical (unpaired) electrons. The summed E-state index contributed by atoms with van der Waals surface area (Å²) in [5.41, 5.74) is -7.65. The maximum atomic E-state index is 14.5. The fourth-order valence-corrected chi connectivity index (χ4v) is 3.22. The summed E-state index contributed by atoms with van der Waals surface area (Å²) in [7, 11) is 0. The van der Waals surface area contributed by atoms with Gasteiger partial charge in [0.2, 0.25) is 0 Å². The van der Waals surface area contributed by atoms with Crippen LogP contribution in [0.5, 0.6) is 0 Å². The molecule has 0 aliphatic carbocycles. The highest BCUT2D eigenvalue weighted by Crippen LogP contribution is 2.27. The fourth-order valence-electron chi connectivity index (χ4n) is 2.57. The van der Waals surface area contributed by atoms with Crippen LogP contribution in [0.25, 0.3) is 5.69 Å². The summed E-state index contributed by atoms with van der Waals surface area (Å²) in [5, 5.41) is 8.87. The standard InChI is InChI=1S/C17H14F4IN3O6/c1-16(2,6-13(27)28)31-14(29)7-3-10(8(18)4-9(7)22)24-12(26)5-11(17(19,20)21)25(23)15(24)30/h3-5H,6,23H2,1-2H3,(H,27,28). The number of nitrogens with zero attached hydrogens (tertiary/aromatic N) is 2. The zero-order valence-electron chi connectivity index (χ0n) is 15.8. The predicted molar refractivity (Wildman–Crippen MR) is 106 cm³/mol.